The smallest absolute Gasteiger partial charge is 0.325 e. The van der Waals surface area contributed by atoms with E-state index in [2.05, 4.69) is 29.5 Å². The Hall–Kier alpha value is -2.61. The molecule has 0 aliphatic carbocycles. The zero-order valence-electron chi connectivity index (χ0n) is 15.6. The number of anilines is 3. The Morgan fingerprint density at radius 1 is 1.31 bits per heavy atom. The topological polar surface area (TPSA) is 83.6 Å². The molecule has 7 nitrogen and oxygen atoms in total. The van der Waals surface area contributed by atoms with Crippen LogP contribution >= 0.6 is 11.3 Å². The average Bonchev–Trinajstić information content (AvgIpc) is 3.02. The van der Waals surface area contributed by atoms with Crippen molar-refractivity contribution in [2.24, 2.45) is 5.92 Å². The summed E-state index contributed by atoms with van der Waals surface area (Å²) in [6.07, 6.45) is 0. The predicted molar refractivity (Wildman–Crippen MR) is 105 cm³/mol. The molecule has 2 N–H and O–H groups in total. The second-order valence-electron chi connectivity index (χ2n) is 6.37. The molecule has 0 spiro atoms. The van der Waals surface area contributed by atoms with Crippen LogP contribution in [-0.4, -0.2) is 30.6 Å². The molecule has 2 aromatic rings. The summed E-state index contributed by atoms with van der Waals surface area (Å²) in [6.45, 7) is 8.11. The highest BCUT2D eigenvalue weighted by molar-refractivity contribution is 7.14. The monoisotopic (exact) mass is 376 g/mol. The van der Waals surface area contributed by atoms with Gasteiger partial charge in [-0.1, -0.05) is 19.9 Å². The number of rotatable bonds is 6. The molecule has 0 aliphatic heterocycles. The van der Waals surface area contributed by atoms with Gasteiger partial charge in [-0.05, 0) is 30.5 Å². The van der Waals surface area contributed by atoms with Crippen molar-refractivity contribution in [2.45, 2.75) is 27.7 Å². The summed E-state index contributed by atoms with van der Waals surface area (Å²) in [6, 6.07) is 5.18. The van der Waals surface area contributed by atoms with Gasteiger partial charge in [0.05, 0.1) is 12.3 Å². The minimum absolute atomic E-state index is 0.127. The van der Waals surface area contributed by atoms with Gasteiger partial charge in [0, 0.05) is 19.4 Å². The van der Waals surface area contributed by atoms with Crippen molar-refractivity contribution in [3.63, 3.8) is 0 Å². The maximum Gasteiger partial charge on any atom is 0.325 e. The summed E-state index contributed by atoms with van der Waals surface area (Å²) in [4.78, 5) is 29.3. The fourth-order valence-electron chi connectivity index (χ4n) is 2.00. The minimum Gasteiger partial charge on any atom is -0.491 e. The van der Waals surface area contributed by atoms with E-state index < -0.39 is 6.03 Å². The molecular weight excluding hydrogens is 352 g/mol. The summed E-state index contributed by atoms with van der Waals surface area (Å²) >= 11 is 1.25. The van der Waals surface area contributed by atoms with Crippen molar-refractivity contribution in [3.8, 4) is 5.75 Å². The molecule has 26 heavy (non-hydrogen) atoms. The summed E-state index contributed by atoms with van der Waals surface area (Å²) in [5.74, 6) is 1.38. The van der Waals surface area contributed by atoms with Crippen molar-refractivity contribution in [2.75, 3.05) is 29.2 Å². The molecule has 140 valence electrons. The highest BCUT2D eigenvalue weighted by Gasteiger charge is 2.13. The van der Waals surface area contributed by atoms with Crippen molar-refractivity contribution < 1.29 is 14.3 Å². The minimum atomic E-state index is -0.422. The van der Waals surface area contributed by atoms with Gasteiger partial charge in [-0.15, -0.1) is 11.3 Å². The first-order chi connectivity index (χ1) is 12.3. The van der Waals surface area contributed by atoms with Crippen molar-refractivity contribution >= 4 is 39.9 Å². The van der Waals surface area contributed by atoms with Gasteiger partial charge in [-0.3, -0.25) is 15.0 Å². The molecule has 0 fully saturated rings. The number of benzene rings is 1. The number of ether oxygens (including phenoxy) is 1. The SMILES string of the molecule is CC(=O)N(C)c1csc(NC(=O)Nc2ccc(C)cc2OCC(C)C)n1. The normalized spacial score (nSPS) is 10.5. The molecule has 2 rings (SSSR count). The molecule has 0 unspecified atom stereocenters. The summed E-state index contributed by atoms with van der Waals surface area (Å²) in [5, 5.41) is 7.57. The number of carbonyl (C=O) groups is 2. The number of aryl methyl sites for hydroxylation is 1. The van der Waals surface area contributed by atoms with Crippen molar-refractivity contribution in [1.82, 2.24) is 4.98 Å². The molecule has 0 bridgehead atoms. The van der Waals surface area contributed by atoms with Gasteiger partial charge >= 0.3 is 6.03 Å². The number of urea groups is 1. The van der Waals surface area contributed by atoms with Crippen molar-refractivity contribution in [3.05, 3.63) is 29.1 Å². The van der Waals surface area contributed by atoms with Crippen LogP contribution in [0.5, 0.6) is 5.75 Å². The van der Waals surface area contributed by atoms with E-state index in [9.17, 15) is 9.59 Å². The van der Waals surface area contributed by atoms with E-state index in [-0.39, 0.29) is 5.91 Å². The molecule has 0 saturated carbocycles. The third kappa shape index (κ3) is 5.45. The molecule has 8 heteroatoms. The van der Waals surface area contributed by atoms with Crippen LogP contribution < -0.4 is 20.3 Å². The largest absolute Gasteiger partial charge is 0.491 e. The Morgan fingerprint density at radius 3 is 2.69 bits per heavy atom. The maximum absolute atomic E-state index is 12.3. The number of hydrogen-bond acceptors (Lipinski definition) is 5. The summed E-state index contributed by atoms with van der Waals surface area (Å²) in [5.41, 5.74) is 1.64. The molecule has 1 aromatic carbocycles. The fourth-order valence-corrected chi connectivity index (χ4v) is 2.72. The number of thiazole rings is 1. The van der Waals surface area contributed by atoms with E-state index >= 15 is 0 Å². The van der Waals surface area contributed by atoms with Gasteiger partial charge < -0.3 is 10.1 Å². The molecule has 0 saturated heterocycles. The van der Waals surface area contributed by atoms with E-state index in [1.165, 1.54) is 23.2 Å². The first kappa shape index (κ1) is 19.7. The van der Waals surface area contributed by atoms with E-state index in [4.69, 9.17) is 4.74 Å². The Labute approximate surface area is 157 Å². The van der Waals surface area contributed by atoms with Gasteiger partial charge in [0.25, 0.3) is 0 Å². The van der Waals surface area contributed by atoms with Gasteiger partial charge in [0.15, 0.2) is 5.13 Å². The van der Waals surface area contributed by atoms with E-state index in [1.807, 2.05) is 19.1 Å². The lowest BCUT2D eigenvalue weighted by Gasteiger charge is -2.14. The second kappa shape index (κ2) is 8.66. The molecule has 0 radical (unpaired) electrons. The van der Waals surface area contributed by atoms with Gasteiger partial charge in [-0.25, -0.2) is 9.78 Å². The first-order valence-corrected chi connectivity index (χ1v) is 9.15. The van der Waals surface area contributed by atoms with E-state index in [1.54, 1.807) is 18.5 Å². The van der Waals surface area contributed by atoms with Crippen LogP contribution in [-0.2, 0) is 4.79 Å². The standard InChI is InChI=1S/C18H24N4O3S/c1-11(2)9-25-15-8-12(3)6-7-14(15)19-17(24)21-18-20-16(10-26-18)22(5)13(4)23/h6-8,10-11H,9H2,1-5H3,(H2,19,20,21,24). The van der Waals surface area contributed by atoms with Crippen LogP contribution in [0, 0.1) is 12.8 Å². The Kier molecular flexibility index (Phi) is 6.57. The quantitative estimate of drug-likeness (QED) is 0.794. The Morgan fingerprint density at radius 2 is 2.04 bits per heavy atom. The third-order valence-corrected chi connectivity index (χ3v) is 4.23. The lowest BCUT2D eigenvalue weighted by Crippen LogP contribution is -2.23. The van der Waals surface area contributed by atoms with Crippen LogP contribution in [0.4, 0.5) is 21.4 Å². The molecule has 0 atom stereocenters. The highest BCUT2D eigenvalue weighted by Crippen LogP contribution is 2.27. The Bertz CT molecular complexity index is 788. The molecule has 0 aliphatic rings. The van der Waals surface area contributed by atoms with Gasteiger partial charge in [0.2, 0.25) is 5.91 Å². The molecular formula is C18H24N4O3S. The maximum atomic E-state index is 12.3. The summed E-state index contributed by atoms with van der Waals surface area (Å²) < 4.78 is 5.79. The number of amides is 3. The fraction of sp³-hybridized carbons (Fsp3) is 0.389. The molecule has 1 heterocycles. The number of nitrogens with zero attached hydrogens (tertiary/aromatic N) is 2. The van der Waals surface area contributed by atoms with E-state index in [0.29, 0.717) is 34.9 Å². The Balaban J connectivity index is 2.05. The van der Waals surface area contributed by atoms with E-state index in [0.717, 1.165) is 5.56 Å². The predicted octanol–water partition coefficient (Wildman–Crippen LogP) is 4.11. The van der Waals surface area contributed by atoms with Gasteiger partial charge in [0.1, 0.15) is 11.6 Å². The number of nitrogens with one attached hydrogen (secondary N) is 2. The average molecular weight is 376 g/mol. The molecule has 3 amide bonds. The van der Waals surface area contributed by atoms with Crippen LogP contribution in [0.3, 0.4) is 0 Å². The van der Waals surface area contributed by atoms with Gasteiger partial charge in [-0.2, -0.15) is 0 Å². The highest BCUT2D eigenvalue weighted by atomic mass is 32.1. The van der Waals surface area contributed by atoms with Crippen LogP contribution in [0.1, 0.15) is 26.3 Å². The van der Waals surface area contributed by atoms with Crippen molar-refractivity contribution in [1.29, 1.82) is 0 Å². The van der Waals surface area contributed by atoms with Crippen LogP contribution in [0.25, 0.3) is 0 Å². The first-order valence-electron chi connectivity index (χ1n) is 8.27. The number of hydrogen-bond donors (Lipinski definition) is 2. The zero-order valence-corrected chi connectivity index (χ0v) is 16.4. The zero-order chi connectivity index (χ0) is 19.3. The lowest BCUT2D eigenvalue weighted by atomic mass is 10.2. The molecule has 1 aromatic heterocycles. The number of aromatic nitrogens is 1. The third-order valence-electron chi connectivity index (χ3n) is 3.49. The lowest BCUT2D eigenvalue weighted by molar-refractivity contribution is -0.116. The van der Waals surface area contributed by atoms with Crippen LogP contribution in [0.2, 0.25) is 0 Å². The second-order valence-corrected chi connectivity index (χ2v) is 7.23. The summed E-state index contributed by atoms with van der Waals surface area (Å²) in [7, 11) is 1.63. The number of carbonyl (C=O) groups excluding carboxylic acids is 2. The van der Waals surface area contributed by atoms with Crippen LogP contribution in [0.15, 0.2) is 23.6 Å².